The summed E-state index contributed by atoms with van der Waals surface area (Å²) >= 11 is 4.92. The summed E-state index contributed by atoms with van der Waals surface area (Å²) in [5, 5.41) is 26.3. The van der Waals surface area contributed by atoms with E-state index in [0.717, 1.165) is 24.6 Å². The fourth-order valence-electron chi connectivity index (χ4n) is 3.10. The summed E-state index contributed by atoms with van der Waals surface area (Å²) in [6.07, 6.45) is 4.97. The summed E-state index contributed by atoms with van der Waals surface area (Å²) in [7, 11) is 0.000722. The van der Waals surface area contributed by atoms with Crippen LogP contribution in [-0.2, 0) is 9.32 Å². The summed E-state index contributed by atoms with van der Waals surface area (Å²) < 4.78 is 5.51. The molecule has 1 unspecified atom stereocenters. The molecule has 0 bridgehead atoms. The number of carbonyl (C=O) groups excluding carboxylic acids is 1. The molecule has 1 aliphatic rings. The zero-order valence-electron chi connectivity index (χ0n) is 19.3. The first-order valence-corrected chi connectivity index (χ1v) is 13.5. The predicted octanol–water partition coefficient (Wildman–Crippen LogP) is 3.92. The van der Waals surface area contributed by atoms with E-state index < -0.39 is 11.7 Å². The van der Waals surface area contributed by atoms with E-state index in [2.05, 4.69) is 22.9 Å². The van der Waals surface area contributed by atoms with Crippen LogP contribution >= 0.6 is 32.8 Å². The average Bonchev–Trinajstić information content (AvgIpc) is 3.34. The second-order valence-electron chi connectivity index (χ2n) is 7.43. The monoisotopic (exact) mass is 521 g/mol. The van der Waals surface area contributed by atoms with Crippen molar-refractivity contribution in [1.82, 2.24) is 5.32 Å². The third-order valence-corrected chi connectivity index (χ3v) is 6.87. The lowest BCUT2D eigenvalue weighted by Gasteiger charge is -2.25. The Bertz CT molecular complexity index is 1040. The molecule has 1 fully saturated rings. The van der Waals surface area contributed by atoms with E-state index in [9.17, 15) is 9.90 Å². The Hall–Kier alpha value is -2.39. The number of aliphatic hydroxyl groups is 1. The summed E-state index contributed by atoms with van der Waals surface area (Å²) in [4.78, 5) is 17.4. The number of allylic oxidation sites excluding steroid dienone is 1. The molecular weight excluding hydrogens is 489 g/mol. The number of nitrogens with one attached hydrogen (secondary N) is 2. The molecule has 34 heavy (non-hydrogen) atoms. The summed E-state index contributed by atoms with van der Waals surface area (Å²) in [6.45, 7) is 2.91. The van der Waals surface area contributed by atoms with Crippen molar-refractivity contribution < 1.29 is 14.4 Å². The van der Waals surface area contributed by atoms with Gasteiger partial charge in [0.25, 0.3) is 5.91 Å². The van der Waals surface area contributed by atoms with Gasteiger partial charge < -0.3 is 26.4 Å². The average molecular weight is 522 g/mol. The molecule has 0 aliphatic heterocycles. The lowest BCUT2D eigenvalue weighted by molar-refractivity contribution is -0.117. The number of amidine groups is 1. The van der Waals surface area contributed by atoms with Gasteiger partial charge in [-0.1, -0.05) is 6.42 Å². The number of hydrogen-bond acceptors (Lipinski definition) is 8. The molecule has 0 spiro atoms. The predicted molar refractivity (Wildman–Crippen MR) is 148 cm³/mol. The highest BCUT2D eigenvalue weighted by Crippen LogP contribution is 2.26. The number of anilines is 1. The minimum Gasteiger partial charge on any atom is -0.505 e. The Balaban J connectivity index is 0.00000199. The third-order valence-electron chi connectivity index (χ3n) is 5.13. The van der Waals surface area contributed by atoms with Crippen molar-refractivity contribution in [3.63, 3.8) is 0 Å². The summed E-state index contributed by atoms with van der Waals surface area (Å²) in [5.41, 5.74) is 13.3. The maximum absolute atomic E-state index is 13.0. The maximum Gasteiger partial charge on any atom is 0.258 e. The van der Waals surface area contributed by atoms with Gasteiger partial charge in [-0.3, -0.25) is 10.2 Å². The van der Waals surface area contributed by atoms with Gasteiger partial charge in [-0.25, -0.2) is 4.99 Å². The SMILES string of the molecule is CCOPc1cc(N)ccc1N=C(N)/C(C(=O)NCC1CCC1)=C(\O)C(=N)c1ccsc1.CS. The molecule has 11 heteroatoms. The fourth-order valence-corrected chi connectivity index (χ4v) is 4.52. The Kier molecular flexibility index (Phi) is 11.6. The molecule has 1 amide bonds. The van der Waals surface area contributed by atoms with Crippen molar-refractivity contribution in [3.8, 4) is 0 Å². The number of rotatable bonds is 10. The highest BCUT2D eigenvalue weighted by molar-refractivity contribution is 7.79. The van der Waals surface area contributed by atoms with Crippen LogP contribution in [0.1, 0.15) is 31.7 Å². The lowest BCUT2D eigenvalue weighted by Crippen LogP contribution is -2.38. The van der Waals surface area contributed by atoms with Gasteiger partial charge >= 0.3 is 0 Å². The van der Waals surface area contributed by atoms with Crippen molar-refractivity contribution in [3.05, 3.63) is 51.9 Å². The number of thiol groups is 1. The van der Waals surface area contributed by atoms with Crippen molar-refractivity contribution in [2.45, 2.75) is 26.2 Å². The Labute approximate surface area is 211 Å². The number of aliphatic imine (C=N–C) groups is 1. The molecule has 184 valence electrons. The molecule has 3 rings (SSSR count). The van der Waals surface area contributed by atoms with Gasteiger partial charge in [0.15, 0.2) is 5.76 Å². The van der Waals surface area contributed by atoms with Crippen LogP contribution in [-0.4, -0.2) is 42.0 Å². The standard InChI is InChI=1S/C22H28N5O3PS.CH4S/c1-2-30-31-17-10-15(23)6-7-16(17)27-21(25)18(22(29)26-11-13-4-3-5-13)20(28)19(24)14-8-9-32-12-14;1-2/h6-10,12-13,24,28,31H,2-5,11,23H2,1H3,(H2,25,27)(H,26,29);2H,1H3/b20-18+,24-19?;. The number of amides is 1. The van der Waals surface area contributed by atoms with E-state index in [1.165, 1.54) is 11.3 Å². The van der Waals surface area contributed by atoms with Gasteiger partial charge in [0, 0.05) is 43.9 Å². The van der Waals surface area contributed by atoms with Crippen LogP contribution in [0.4, 0.5) is 11.4 Å². The molecule has 0 radical (unpaired) electrons. The minimum absolute atomic E-state index is 0.000722. The summed E-state index contributed by atoms with van der Waals surface area (Å²) in [5.74, 6) is -0.825. The molecule has 1 aromatic heterocycles. The van der Waals surface area contributed by atoms with E-state index in [1.807, 2.05) is 6.92 Å². The van der Waals surface area contributed by atoms with E-state index in [4.69, 9.17) is 21.4 Å². The minimum atomic E-state index is -0.556. The molecule has 1 saturated carbocycles. The molecule has 1 atom stereocenters. The van der Waals surface area contributed by atoms with Crippen molar-refractivity contribution in [1.29, 1.82) is 5.41 Å². The van der Waals surface area contributed by atoms with Crippen molar-refractivity contribution in [2.24, 2.45) is 16.6 Å². The summed E-state index contributed by atoms with van der Waals surface area (Å²) in [6, 6.07) is 6.81. The van der Waals surface area contributed by atoms with Gasteiger partial charge in [0.2, 0.25) is 0 Å². The molecule has 1 aliphatic carbocycles. The quantitative estimate of drug-likeness (QED) is 0.0534. The maximum atomic E-state index is 13.0. The number of nitrogens with two attached hydrogens (primary N) is 2. The molecule has 1 heterocycles. The van der Waals surface area contributed by atoms with E-state index in [0.29, 0.717) is 36.0 Å². The topological polar surface area (TPSA) is 147 Å². The molecule has 0 saturated heterocycles. The Morgan fingerprint density at radius 2 is 2.12 bits per heavy atom. The Morgan fingerprint density at radius 1 is 1.38 bits per heavy atom. The Morgan fingerprint density at radius 3 is 2.71 bits per heavy atom. The number of nitrogens with zero attached hydrogens (tertiary/aromatic N) is 1. The van der Waals surface area contributed by atoms with Gasteiger partial charge in [0.05, 0.1) is 5.69 Å². The molecular formula is C23H32N5O3PS2. The van der Waals surface area contributed by atoms with Gasteiger partial charge in [-0.05, 0) is 61.6 Å². The van der Waals surface area contributed by atoms with Crippen LogP contribution < -0.4 is 22.1 Å². The van der Waals surface area contributed by atoms with E-state index in [-0.39, 0.29) is 25.9 Å². The molecule has 1 aromatic carbocycles. The van der Waals surface area contributed by atoms with Crippen LogP contribution in [0.25, 0.3) is 0 Å². The van der Waals surface area contributed by atoms with Gasteiger partial charge in [0.1, 0.15) is 17.1 Å². The van der Waals surface area contributed by atoms with Crippen LogP contribution in [0.5, 0.6) is 0 Å². The first kappa shape index (κ1) is 27.9. The van der Waals surface area contributed by atoms with Crippen LogP contribution in [0.15, 0.2) is 51.4 Å². The van der Waals surface area contributed by atoms with Gasteiger partial charge in [-0.2, -0.15) is 24.0 Å². The van der Waals surface area contributed by atoms with E-state index >= 15 is 0 Å². The third kappa shape index (κ3) is 7.56. The van der Waals surface area contributed by atoms with Crippen molar-refractivity contribution in [2.75, 3.05) is 25.1 Å². The molecule has 2 aromatic rings. The normalized spacial score (nSPS) is 14.7. The van der Waals surface area contributed by atoms with Crippen LogP contribution in [0, 0.1) is 11.3 Å². The first-order chi connectivity index (χ1) is 16.4. The van der Waals surface area contributed by atoms with Crippen LogP contribution in [0.3, 0.4) is 0 Å². The number of nitrogen functional groups attached to an aromatic ring is 1. The zero-order chi connectivity index (χ0) is 25.1. The zero-order valence-corrected chi connectivity index (χ0v) is 22.0. The van der Waals surface area contributed by atoms with Crippen molar-refractivity contribution >= 4 is 66.9 Å². The number of carbonyl (C=O) groups is 1. The first-order valence-electron chi connectivity index (χ1n) is 10.8. The largest absolute Gasteiger partial charge is 0.505 e. The number of hydrogen-bond donors (Lipinski definition) is 6. The number of aliphatic hydroxyl groups excluding tert-OH is 1. The van der Waals surface area contributed by atoms with Gasteiger partial charge in [-0.15, -0.1) is 0 Å². The van der Waals surface area contributed by atoms with Crippen LogP contribution in [0.2, 0.25) is 0 Å². The van der Waals surface area contributed by atoms with E-state index in [1.54, 1.807) is 41.3 Å². The number of benzene rings is 1. The fraction of sp³-hybridized carbons (Fsp3) is 0.348. The number of thiophene rings is 1. The smallest absolute Gasteiger partial charge is 0.258 e. The second kappa shape index (κ2) is 14.1. The lowest BCUT2D eigenvalue weighted by atomic mass is 9.85. The second-order valence-corrected chi connectivity index (χ2v) is 9.24. The highest BCUT2D eigenvalue weighted by atomic mass is 32.1. The molecule has 7 N–H and O–H groups in total. The highest BCUT2D eigenvalue weighted by Gasteiger charge is 2.25. The molecule has 8 nitrogen and oxygen atoms in total.